The number of carbonyl (C=O) groups is 2. The third-order valence-electron chi connectivity index (χ3n) is 4.71. The minimum absolute atomic E-state index is 0. The van der Waals surface area contributed by atoms with Gasteiger partial charge in [0.05, 0.1) is 12.5 Å². The molecule has 1 aromatic rings. The van der Waals surface area contributed by atoms with Crippen molar-refractivity contribution in [2.24, 2.45) is 5.73 Å². The number of piperidine rings is 1. The molecule has 1 aromatic carbocycles. The summed E-state index contributed by atoms with van der Waals surface area (Å²) in [6.07, 6.45) is 3.36. The fourth-order valence-corrected chi connectivity index (χ4v) is 3.40. The molecule has 3 atom stereocenters. The summed E-state index contributed by atoms with van der Waals surface area (Å²) < 4.78 is 0. The zero-order valence-electron chi connectivity index (χ0n) is 15.3. The number of nitrogens with one attached hydrogen (secondary N) is 1. The second-order valence-corrected chi connectivity index (χ2v) is 6.88. The molecule has 1 aliphatic heterocycles. The number of hydrogen-bond donors (Lipinski definition) is 2. The van der Waals surface area contributed by atoms with Crippen LogP contribution >= 0.6 is 12.4 Å². The van der Waals surface area contributed by atoms with E-state index >= 15 is 0 Å². The van der Waals surface area contributed by atoms with E-state index in [0.717, 1.165) is 36.9 Å². The number of likely N-dealkylation sites (tertiary alicyclic amines) is 1. The van der Waals surface area contributed by atoms with Crippen molar-refractivity contribution in [3.05, 3.63) is 35.4 Å². The molecule has 1 fully saturated rings. The minimum Gasteiger partial charge on any atom is -0.349 e. The summed E-state index contributed by atoms with van der Waals surface area (Å²) in [7, 11) is 0. The van der Waals surface area contributed by atoms with E-state index in [9.17, 15) is 9.59 Å². The highest BCUT2D eigenvalue weighted by Gasteiger charge is 2.30. The number of nitrogens with zero attached hydrogens (tertiary/aromatic N) is 1. The average molecular weight is 368 g/mol. The lowest BCUT2D eigenvalue weighted by Gasteiger charge is -2.38. The van der Waals surface area contributed by atoms with Gasteiger partial charge in [-0.3, -0.25) is 9.59 Å². The van der Waals surface area contributed by atoms with Crippen LogP contribution in [0.3, 0.4) is 0 Å². The van der Waals surface area contributed by atoms with Crippen molar-refractivity contribution in [1.82, 2.24) is 10.2 Å². The van der Waals surface area contributed by atoms with Crippen LogP contribution in [0, 0.1) is 6.92 Å². The van der Waals surface area contributed by atoms with Gasteiger partial charge in [-0.2, -0.15) is 0 Å². The lowest BCUT2D eigenvalue weighted by Crippen LogP contribution is -2.52. The quantitative estimate of drug-likeness (QED) is 0.840. The smallest absolute Gasteiger partial charge is 0.225 e. The van der Waals surface area contributed by atoms with E-state index in [0.29, 0.717) is 0 Å². The van der Waals surface area contributed by atoms with Crippen molar-refractivity contribution in [2.75, 3.05) is 6.54 Å². The molecule has 0 bridgehead atoms. The molecule has 0 radical (unpaired) electrons. The summed E-state index contributed by atoms with van der Waals surface area (Å²) >= 11 is 0. The molecule has 6 heteroatoms. The highest BCUT2D eigenvalue weighted by molar-refractivity contribution is 5.85. The van der Waals surface area contributed by atoms with E-state index in [1.807, 2.05) is 43.0 Å². The normalized spacial score (nSPS) is 19.5. The van der Waals surface area contributed by atoms with Gasteiger partial charge in [-0.05, 0) is 38.7 Å². The Balaban J connectivity index is 0.00000312. The molecule has 0 saturated carbocycles. The van der Waals surface area contributed by atoms with Crippen LogP contribution in [0.1, 0.15) is 56.7 Å². The monoisotopic (exact) mass is 367 g/mol. The number of carbonyl (C=O) groups excluding carboxylic acids is 2. The van der Waals surface area contributed by atoms with Crippen LogP contribution in [0.25, 0.3) is 0 Å². The molecule has 1 saturated heterocycles. The van der Waals surface area contributed by atoms with Gasteiger partial charge in [0.15, 0.2) is 0 Å². The number of amides is 2. The van der Waals surface area contributed by atoms with E-state index in [-0.39, 0.29) is 48.8 Å². The fraction of sp³-hybridized carbons (Fsp3) is 0.579. The molecule has 5 nitrogen and oxygen atoms in total. The second kappa shape index (κ2) is 9.78. The highest BCUT2D eigenvalue weighted by atomic mass is 35.5. The van der Waals surface area contributed by atoms with Gasteiger partial charge in [0.2, 0.25) is 11.8 Å². The van der Waals surface area contributed by atoms with Crippen LogP contribution in [-0.4, -0.2) is 35.3 Å². The Morgan fingerprint density at radius 2 is 1.92 bits per heavy atom. The first kappa shape index (κ1) is 21.5. The van der Waals surface area contributed by atoms with Crippen molar-refractivity contribution in [3.8, 4) is 0 Å². The standard InChI is InChI=1S/C19H29N3O2.ClH/c1-13-7-9-16(10-8-13)17(21-15(3)23)12-19(24)22-11-5-4-6-18(22)14(2)20;/h7-10,14,17-18H,4-6,11-12,20H2,1-3H3,(H,21,23);1H. The molecular weight excluding hydrogens is 338 g/mol. The Bertz CT molecular complexity index is 575. The van der Waals surface area contributed by atoms with E-state index in [1.54, 1.807) is 0 Å². The van der Waals surface area contributed by atoms with E-state index in [4.69, 9.17) is 5.73 Å². The number of rotatable bonds is 5. The summed E-state index contributed by atoms with van der Waals surface area (Å²) in [5, 5.41) is 2.91. The molecule has 1 aliphatic rings. The van der Waals surface area contributed by atoms with Crippen LogP contribution in [-0.2, 0) is 9.59 Å². The van der Waals surface area contributed by atoms with E-state index in [1.165, 1.54) is 6.92 Å². The molecular formula is C19H30ClN3O2. The first-order valence-corrected chi connectivity index (χ1v) is 8.77. The van der Waals surface area contributed by atoms with Crippen LogP contribution < -0.4 is 11.1 Å². The summed E-state index contributed by atoms with van der Waals surface area (Å²) in [5.41, 5.74) is 8.18. The summed E-state index contributed by atoms with van der Waals surface area (Å²) in [4.78, 5) is 26.3. The van der Waals surface area contributed by atoms with Crippen molar-refractivity contribution in [1.29, 1.82) is 0 Å². The maximum atomic E-state index is 12.9. The van der Waals surface area contributed by atoms with Crippen molar-refractivity contribution >= 4 is 24.2 Å². The number of hydrogen-bond acceptors (Lipinski definition) is 3. The van der Waals surface area contributed by atoms with Gasteiger partial charge >= 0.3 is 0 Å². The molecule has 2 amide bonds. The average Bonchev–Trinajstić information content (AvgIpc) is 2.54. The SMILES string of the molecule is CC(=O)NC(CC(=O)N1CCCCC1C(C)N)c1ccc(C)cc1.Cl. The topological polar surface area (TPSA) is 75.4 Å². The molecule has 3 N–H and O–H groups in total. The van der Waals surface area contributed by atoms with Crippen molar-refractivity contribution in [2.45, 2.75) is 64.6 Å². The maximum Gasteiger partial charge on any atom is 0.225 e. The zero-order chi connectivity index (χ0) is 17.7. The predicted octanol–water partition coefficient (Wildman–Crippen LogP) is 2.71. The molecule has 1 heterocycles. The molecule has 3 unspecified atom stereocenters. The number of benzene rings is 1. The molecule has 0 aliphatic carbocycles. The maximum absolute atomic E-state index is 12.9. The Morgan fingerprint density at radius 3 is 2.48 bits per heavy atom. The van der Waals surface area contributed by atoms with Gasteiger partial charge in [-0.1, -0.05) is 29.8 Å². The minimum atomic E-state index is -0.300. The second-order valence-electron chi connectivity index (χ2n) is 6.88. The largest absolute Gasteiger partial charge is 0.349 e. The van der Waals surface area contributed by atoms with Crippen molar-refractivity contribution < 1.29 is 9.59 Å². The Labute approximate surface area is 156 Å². The first-order valence-electron chi connectivity index (χ1n) is 8.77. The summed E-state index contributed by atoms with van der Waals surface area (Å²) in [5.74, 6) is -0.0629. The summed E-state index contributed by atoms with van der Waals surface area (Å²) in [6, 6.07) is 7.72. The van der Waals surface area contributed by atoms with Gasteiger partial charge in [-0.25, -0.2) is 0 Å². The van der Waals surface area contributed by atoms with Crippen molar-refractivity contribution in [3.63, 3.8) is 0 Å². The molecule has 25 heavy (non-hydrogen) atoms. The summed E-state index contributed by atoms with van der Waals surface area (Å²) in [6.45, 7) is 6.22. The Morgan fingerprint density at radius 1 is 1.28 bits per heavy atom. The van der Waals surface area contributed by atoms with Crippen LogP contribution in [0.5, 0.6) is 0 Å². The van der Waals surface area contributed by atoms with Gasteiger partial charge in [0, 0.05) is 25.6 Å². The van der Waals surface area contributed by atoms with Crippen LogP contribution in [0.4, 0.5) is 0 Å². The molecule has 140 valence electrons. The van der Waals surface area contributed by atoms with E-state index < -0.39 is 0 Å². The zero-order valence-corrected chi connectivity index (χ0v) is 16.1. The van der Waals surface area contributed by atoms with Crippen LogP contribution in [0.2, 0.25) is 0 Å². The van der Waals surface area contributed by atoms with Gasteiger partial charge in [0.25, 0.3) is 0 Å². The first-order chi connectivity index (χ1) is 11.4. The Kier molecular flexibility index (Phi) is 8.39. The lowest BCUT2D eigenvalue weighted by atomic mass is 9.95. The number of halogens is 1. The number of nitrogens with two attached hydrogens (primary N) is 1. The lowest BCUT2D eigenvalue weighted by molar-refractivity contribution is -0.136. The van der Waals surface area contributed by atoms with Gasteiger partial charge in [0.1, 0.15) is 0 Å². The third kappa shape index (κ3) is 6.01. The Hall–Kier alpha value is -1.59. The van der Waals surface area contributed by atoms with E-state index in [2.05, 4.69) is 5.32 Å². The van der Waals surface area contributed by atoms with Gasteiger partial charge in [-0.15, -0.1) is 12.4 Å². The number of aryl methyl sites for hydroxylation is 1. The van der Waals surface area contributed by atoms with Crippen LogP contribution in [0.15, 0.2) is 24.3 Å². The third-order valence-corrected chi connectivity index (χ3v) is 4.71. The molecule has 2 rings (SSSR count). The molecule has 0 spiro atoms. The van der Waals surface area contributed by atoms with Gasteiger partial charge < -0.3 is 16.0 Å². The predicted molar refractivity (Wildman–Crippen MR) is 103 cm³/mol. The molecule has 0 aromatic heterocycles. The highest BCUT2D eigenvalue weighted by Crippen LogP contribution is 2.24. The fourth-order valence-electron chi connectivity index (χ4n) is 3.40.